The molecule has 0 aliphatic carbocycles. The number of carbonyl (C=O) groups excluding carboxylic acids is 2. The van der Waals surface area contributed by atoms with E-state index in [0.717, 1.165) is 23.2 Å². The maximum absolute atomic E-state index is 14.1. The number of nitrogens with zero attached hydrogens (tertiary/aromatic N) is 3. The summed E-state index contributed by atoms with van der Waals surface area (Å²) in [4.78, 5) is 31.5. The van der Waals surface area contributed by atoms with E-state index < -0.39 is 12.1 Å². The molecular formula is C27H33Cl2FN4O3. The lowest BCUT2D eigenvalue weighted by Gasteiger charge is -2.39. The molecule has 2 N–H and O–H groups in total. The van der Waals surface area contributed by atoms with Crippen LogP contribution in [0.15, 0.2) is 36.4 Å². The predicted molar refractivity (Wildman–Crippen MR) is 144 cm³/mol. The van der Waals surface area contributed by atoms with Crippen LogP contribution in [0.1, 0.15) is 37.4 Å². The first-order chi connectivity index (χ1) is 17.6. The Morgan fingerprint density at radius 3 is 2.43 bits per heavy atom. The zero-order valence-corrected chi connectivity index (χ0v) is 22.6. The van der Waals surface area contributed by atoms with E-state index >= 15 is 0 Å². The molecule has 2 aromatic carbocycles. The van der Waals surface area contributed by atoms with Gasteiger partial charge < -0.3 is 20.3 Å². The Hall–Kier alpha value is -2.55. The molecule has 2 aromatic rings. The van der Waals surface area contributed by atoms with Gasteiger partial charge in [-0.25, -0.2) is 9.18 Å². The van der Waals surface area contributed by atoms with E-state index in [2.05, 4.69) is 18.7 Å². The van der Waals surface area contributed by atoms with Crippen LogP contribution < -0.4 is 10.6 Å². The molecule has 0 saturated carbocycles. The maximum atomic E-state index is 14.1. The fourth-order valence-electron chi connectivity index (χ4n) is 5.04. The molecule has 2 aliphatic rings. The van der Waals surface area contributed by atoms with Gasteiger partial charge in [-0.2, -0.15) is 0 Å². The van der Waals surface area contributed by atoms with Crippen molar-refractivity contribution in [3.8, 4) is 0 Å². The zero-order chi connectivity index (χ0) is 26.7. The van der Waals surface area contributed by atoms with Gasteiger partial charge in [-0.15, -0.1) is 0 Å². The van der Waals surface area contributed by atoms with Gasteiger partial charge >= 0.3 is 6.09 Å². The summed E-state index contributed by atoms with van der Waals surface area (Å²) in [5.41, 5.74) is 8.85. The molecule has 0 bridgehead atoms. The number of carbonyl (C=O) groups is 2. The first-order valence-corrected chi connectivity index (χ1v) is 13.4. The molecule has 0 aromatic heterocycles. The van der Waals surface area contributed by atoms with Gasteiger partial charge in [0, 0.05) is 54.4 Å². The van der Waals surface area contributed by atoms with E-state index in [0.29, 0.717) is 48.7 Å². The largest absolute Gasteiger partial charge is 0.448 e. The number of ether oxygens (including phenoxy) is 1. The van der Waals surface area contributed by atoms with Gasteiger partial charge in [-0.3, -0.25) is 9.69 Å². The van der Waals surface area contributed by atoms with Gasteiger partial charge in [-0.05, 0) is 53.8 Å². The van der Waals surface area contributed by atoms with Gasteiger partial charge in [0.1, 0.15) is 18.5 Å². The van der Waals surface area contributed by atoms with Crippen molar-refractivity contribution in [3.63, 3.8) is 0 Å². The normalized spacial score (nSPS) is 17.8. The van der Waals surface area contributed by atoms with E-state index in [1.54, 1.807) is 29.2 Å². The Labute approximate surface area is 227 Å². The summed E-state index contributed by atoms with van der Waals surface area (Å²) in [5, 5.41) is 0.950. The van der Waals surface area contributed by atoms with Crippen LogP contribution in [0.2, 0.25) is 10.0 Å². The quantitative estimate of drug-likeness (QED) is 0.506. The second-order valence-electron chi connectivity index (χ2n) is 10.0. The van der Waals surface area contributed by atoms with Gasteiger partial charge in [0.15, 0.2) is 0 Å². The number of hydrogen-bond donors (Lipinski definition) is 1. The molecule has 2 atom stereocenters. The summed E-state index contributed by atoms with van der Waals surface area (Å²) in [7, 11) is 0. The van der Waals surface area contributed by atoms with Crippen LogP contribution in [0, 0.1) is 11.7 Å². The zero-order valence-electron chi connectivity index (χ0n) is 21.1. The van der Waals surface area contributed by atoms with E-state index in [1.165, 1.54) is 17.0 Å². The number of anilines is 1. The number of piperazine rings is 1. The topological polar surface area (TPSA) is 79.1 Å². The minimum Gasteiger partial charge on any atom is -0.448 e. The van der Waals surface area contributed by atoms with E-state index in [1.807, 2.05) is 0 Å². The highest BCUT2D eigenvalue weighted by atomic mass is 35.5. The second-order valence-corrected chi connectivity index (χ2v) is 10.9. The van der Waals surface area contributed by atoms with Gasteiger partial charge in [0.05, 0.1) is 6.54 Å². The lowest BCUT2D eigenvalue weighted by atomic mass is 9.95. The number of cyclic esters (lactones) is 1. The Morgan fingerprint density at radius 1 is 1.08 bits per heavy atom. The maximum Gasteiger partial charge on any atom is 0.410 e. The summed E-state index contributed by atoms with van der Waals surface area (Å²) in [6.07, 6.45) is 0.503. The van der Waals surface area contributed by atoms with Gasteiger partial charge in [-0.1, -0.05) is 43.1 Å². The molecule has 4 rings (SSSR count). The van der Waals surface area contributed by atoms with Crippen LogP contribution in [0.5, 0.6) is 0 Å². The molecular weight excluding hydrogens is 518 g/mol. The van der Waals surface area contributed by atoms with E-state index in [9.17, 15) is 14.0 Å². The molecule has 2 aliphatic heterocycles. The van der Waals surface area contributed by atoms with E-state index in [4.69, 9.17) is 33.7 Å². The monoisotopic (exact) mass is 550 g/mol. The smallest absolute Gasteiger partial charge is 0.410 e. The van der Waals surface area contributed by atoms with Gasteiger partial charge in [0.2, 0.25) is 5.91 Å². The second kappa shape index (κ2) is 11.9. The van der Waals surface area contributed by atoms with Crippen molar-refractivity contribution in [1.82, 2.24) is 9.80 Å². The van der Waals surface area contributed by atoms with Crippen molar-refractivity contribution in [2.24, 2.45) is 11.7 Å². The minimum atomic E-state index is -0.735. The summed E-state index contributed by atoms with van der Waals surface area (Å²) in [6, 6.07) is 8.85. The first-order valence-electron chi connectivity index (χ1n) is 12.6. The molecule has 2 fully saturated rings. The molecule has 7 nitrogen and oxygen atoms in total. The molecule has 0 radical (unpaired) electrons. The highest BCUT2D eigenvalue weighted by Gasteiger charge is 2.38. The summed E-state index contributed by atoms with van der Waals surface area (Å²) >= 11 is 12.4. The minimum absolute atomic E-state index is 0.152. The number of rotatable bonds is 8. The average Bonchev–Trinajstić information content (AvgIpc) is 3.28. The van der Waals surface area contributed by atoms with Crippen molar-refractivity contribution in [2.75, 3.05) is 44.2 Å². The van der Waals surface area contributed by atoms with E-state index in [-0.39, 0.29) is 30.8 Å². The fourth-order valence-corrected chi connectivity index (χ4v) is 5.52. The summed E-state index contributed by atoms with van der Waals surface area (Å²) in [5.74, 6) is -0.0859. The standard InChI is InChI=1S/C27H33Cl2FN4O3/c1-17(2)13-23(31)21-16-20(30)5-6-24(21)32-7-9-33(10-8-32)26(35)25(34-11-12-37-27(34)36)14-18-3-4-19(28)15-22(18)29/h3-6,15-17,23,25H,7-14,31H2,1-2H3. The van der Waals surface area contributed by atoms with Crippen molar-refractivity contribution < 1.29 is 18.7 Å². The Morgan fingerprint density at radius 2 is 1.81 bits per heavy atom. The molecule has 2 heterocycles. The lowest BCUT2D eigenvalue weighted by Crippen LogP contribution is -2.56. The van der Waals surface area contributed by atoms with Crippen LogP contribution in [0.4, 0.5) is 14.9 Å². The molecule has 2 amide bonds. The molecule has 10 heteroatoms. The Kier molecular flexibility index (Phi) is 8.82. The van der Waals surface area contributed by atoms with Crippen LogP contribution in [-0.2, 0) is 16.0 Å². The van der Waals surface area contributed by atoms with Crippen molar-refractivity contribution in [2.45, 2.75) is 38.8 Å². The van der Waals surface area contributed by atoms with Crippen LogP contribution >= 0.6 is 23.2 Å². The Balaban J connectivity index is 1.50. The number of nitrogens with two attached hydrogens (primary N) is 1. The SMILES string of the molecule is CC(C)CC(N)c1cc(F)ccc1N1CCN(C(=O)C(Cc2ccc(Cl)cc2Cl)N2CCOC2=O)CC1. The number of amides is 2. The summed E-state index contributed by atoms with van der Waals surface area (Å²) < 4.78 is 19.2. The average molecular weight is 551 g/mol. The molecule has 200 valence electrons. The van der Waals surface area contributed by atoms with Crippen molar-refractivity contribution in [3.05, 3.63) is 63.4 Å². The molecule has 2 unspecified atom stereocenters. The Bertz CT molecular complexity index is 1140. The summed E-state index contributed by atoms with van der Waals surface area (Å²) in [6.45, 7) is 6.82. The van der Waals surface area contributed by atoms with Gasteiger partial charge in [0.25, 0.3) is 0 Å². The third-order valence-corrected chi connectivity index (χ3v) is 7.52. The lowest BCUT2D eigenvalue weighted by molar-refractivity contribution is -0.136. The van der Waals surface area contributed by atoms with Crippen LogP contribution in [0.3, 0.4) is 0 Å². The molecule has 2 saturated heterocycles. The fraction of sp³-hybridized carbons (Fsp3) is 0.481. The van der Waals surface area contributed by atoms with Crippen molar-refractivity contribution >= 4 is 40.9 Å². The molecule has 37 heavy (non-hydrogen) atoms. The van der Waals surface area contributed by atoms with Crippen LogP contribution in [0.25, 0.3) is 0 Å². The van der Waals surface area contributed by atoms with Crippen LogP contribution in [-0.4, -0.2) is 67.2 Å². The van der Waals surface area contributed by atoms with Crippen molar-refractivity contribution in [1.29, 1.82) is 0 Å². The molecule has 0 spiro atoms. The third kappa shape index (κ3) is 6.48. The number of hydrogen-bond acceptors (Lipinski definition) is 5. The third-order valence-electron chi connectivity index (χ3n) is 6.93. The first kappa shape index (κ1) is 27.5. The number of benzene rings is 2. The predicted octanol–water partition coefficient (Wildman–Crippen LogP) is 4.89. The highest BCUT2D eigenvalue weighted by molar-refractivity contribution is 6.35. The highest BCUT2D eigenvalue weighted by Crippen LogP contribution is 2.31. The number of halogens is 3.